The molecule has 1 heterocycles. The largest absolute Gasteiger partial charge is 0.359 e. The van der Waals surface area contributed by atoms with Crippen molar-refractivity contribution in [1.82, 2.24) is 4.90 Å². The van der Waals surface area contributed by atoms with Crippen molar-refractivity contribution in [3.05, 3.63) is 0 Å². The summed E-state index contributed by atoms with van der Waals surface area (Å²) in [6, 6.07) is 0. The lowest BCUT2D eigenvalue weighted by Gasteiger charge is -2.32. The fourth-order valence-electron chi connectivity index (χ4n) is 1.01. The maximum absolute atomic E-state index is 8.27. The van der Waals surface area contributed by atoms with E-state index in [1.165, 1.54) is 6.42 Å². The van der Waals surface area contributed by atoms with E-state index in [0.29, 0.717) is 0 Å². The van der Waals surface area contributed by atoms with Crippen LogP contribution in [0.4, 0.5) is 0 Å². The molecule has 0 aromatic rings. The molecule has 1 rings (SSSR count). The van der Waals surface area contributed by atoms with E-state index in [0.717, 1.165) is 25.3 Å². The van der Waals surface area contributed by atoms with Crippen LogP contribution in [0.3, 0.4) is 0 Å². The third kappa shape index (κ3) is 1.27. The number of hydrogen-bond donors (Lipinski definition) is 0. The molecule has 1 fully saturated rings. The van der Waals surface area contributed by atoms with Crippen molar-refractivity contribution in [2.75, 3.05) is 13.1 Å². The zero-order valence-electron chi connectivity index (χ0n) is 6.17. The summed E-state index contributed by atoms with van der Waals surface area (Å²) in [7, 11) is 0. The molecule has 0 atom stereocenters. The summed E-state index contributed by atoms with van der Waals surface area (Å²) in [6.45, 7) is 4.18. The first kappa shape index (κ1) is 7.07. The second-order valence-electron chi connectivity index (χ2n) is 2.32. The quantitative estimate of drug-likeness (QED) is 0.307. The summed E-state index contributed by atoms with van der Waals surface area (Å²) < 4.78 is 0. The summed E-state index contributed by atoms with van der Waals surface area (Å²) in [4.78, 5) is 5.85. The highest BCUT2D eigenvalue weighted by molar-refractivity contribution is 5.83. The molecule has 3 nitrogen and oxygen atoms in total. The molecule has 0 aromatic heterocycles. The van der Waals surface area contributed by atoms with Crippen LogP contribution in [0.15, 0.2) is 4.99 Å². The van der Waals surface area contributed by atoms with Gasteiger partial charge in [-0.15, -0.1) is 0 Å². The molecule has 0 N–H and O–H groups in total. The van der Waals surface area contributed by atoms with Crippen molar-refractivity contribution in [2.24, 2.45) is 4.99 Å². The standard InChI is InChI=1S/C7H11N3/c1-2-7(9-6-8)10-4-3-5-10/h2-5H2,1H3/b9-7-. The van der Waals surface area contributed by atoms with Crippen LogP contribution in [0.5, 0.6) is 0 Å². The number of hydrogen-bond acceptors (Lipinski definition) is 2. The summed E-state index contributed by atoms with van der Waals surface area (Å²) >= 11 is 0. The average molecular weight is 137 g/mol. The van der Waals surface area contributed by atoms with Gasteiger partial charge in [-0.1, -0.05) is 6.92 Å². The number of likely N-dealkylation sites (tertiary alicyclic amines) is 1. The van der Waals surface area contributed by atoms with E-state index in [1.54, 1.807) is 0 Å². The molecule has 0 unspecified atom stereocenters. The van der Waals surface area contributed by atoms with E-state index in [1.807, 2.05) is 13.1 Å². The second-order valence-corrected chi connectivity index (χ2v) is 2.32. The second kappa shape index (κ2) is 3.21. The van der Waals surface area contributed by atoms with Gasteiger partial charge in [0, 0.05) is 19.5 Å². The number of nitrogens with zero attached hydrogens (tertiary/aromatic N) is 3. The molecule has 0 spiro atoms. The van der Waals surface area contributed by atoms with Crippen LogP contribution < -0.4 is 0 Å². The van der Waals surface area contributed by atoms with Crippen molar-refractivity contribution >= 4 is 5.84 Å². The molecule has 3 heteroatoms. The zero-order chi connectivity index (χ0) is 7.40. The van der Waals surface area contributed by atoms with Gasteiger partial charge in [0.05, 0.1) is 0 Å². The van der Waals surface area contributed by atoms with Gasteiger partial charge in [-0.3, -0.25) is 0 Å². The third-order valence-corrected chi connectivity index (χ3v) is 1.72. The van der Waals surface area contributed by atoms with E-state index in [2.05, 4.69) is 9.89 Å². The number of nitriles is 1. The summed E-state index contributed by atoms with van der Waals surface area (Å²) in [5, 5.41) is 8.27. The summed E-state index contributed by atoms with van der Waals surface area (Å²) in [5.74, 6) is 0.939. The van der Waals surface area contributed by atoms with Crippen LogP contribution in [0.25, 0.3) is 0 Å². The first-order chi connectivity index (χ1) is 4.88. The lowest BCUT2D eigenvalue weighted by Crippen LogP contribution is -2.41. The zero-order valence-corrected chi connectivity index (χ0v) is 6.17. The fourth-order valence-corrected chi connectivity index (χ4v) is 1.01. The number of aliphatic imine (C=N–C) groups is 1. The predicted octanol–water partition coefficient (Wildman–Crippen LogP) is 0.982. The summed E-state index contributed by atoms with van der Waals surface area (Å²) in [5.41, 5.74) is 0. The molecule has 1 aliphatic heterocycles. The Morgan fingerprint density at radius 3 is 2.70 bits per heavy atom. The monoisotopic (exact) mass is 137 g/mol. The third-order valence-electron chi connectivity index (χ3n) is 1.72. The van der Waals surface area contributed by atoms with Gasteiger partial charge in [0.2, 0.25) is 6.19 Å². The highest BCUT2D eigenvalue weighted by Gasteiger charge is 2.16. The van der Waals surface area contributed by atoms with Gasteiger partial charge in [-0.05, 0) is 6.42 Å². The minimum absolute atomic E-state index is 0.869. The topological polar surface area (TPSA) is 39.4 Å². The van der Waals surface area contributed by atoms with Crippen molar-refractivity contribution < 1.29 is 0 Å². The van der Waals surface area contributed by atoms with E-state index in [-0.39, 0.29) is 0 Å². The molecule has 0 saturated carbocycles. The first-order valence-electron chi connectivity index (χ1n) is 3.59. The fraction of sp³-hybridized carbons (Fsp3) is 0.714. The Labute approximate surface area is 61.0 Å². The first-order valence-corrected chi connectivity index (χ1v) is 3.59. The molecule has 1 aliphatic rings. The molecule has 0 bridgehead atoms. The SMILES string of the molecule is CC/C(=N/C#N)N1CCC1. The van der Waals surface area contributed by atoms with Crippen molar-refractivity contribution in [1.29, 1.82) is 5.26 Å². The maximum Gasteiger partial charge on any atom is 0.207 e. The maximum atomic E-state index is 8.27. The Kier molecular flexibility index (Phi) is 2.27. The lowest BCUT2D eigenvalue weighted by atomic mass is 10.2. The van der Waals surface area contributed by atoms with Gasteiger partial charge in [0.25, 0.3) is 0 Å². The van der Waals surface area contributed by atoms with Gasteiger partial charge in [-0.2, -0.15) is 10.3 Å². The highest BCUT2D eigenvalue weighted by atomic mass is 15.2. The van der Waals surface area contributed by atoms with Crippen LogP contribution >= 0.6 is 0 Å². The minimum Gasteiger partial charge on any atom is -0.359 e. The highest BCUT2D eigenvalue weighted by Crippen LogP contribution is 2.08. The van der Waals surface area contributed by atoms with Gasteiger partial charge < -0.3 is 4.90 Å². The van der Waals surface area contributed by atoms with E-state index in [9.17, 15) is 0 Å². The Bertz CT molecular complexity index is 174. The van der Waals surface area contributed by atoms with Gasteiger partial charge in [0.15, 0.2) is 0 Å². The molecule has 0 aromatic carbocycles. The lowest BCUT2D eigenvalue weighted by molar-refractivity contribution is 0.295. The molecular formula is C7H11N3. The van der Waals surface area contributed by atoms with Crippen LogP contribution in [0, 0.1) is 11.5 Å². The molecular weight excluding hydrogens is 126 g/mol. The average Bonchev–Trinajstić information content (AvgIpc) is 1.83. The molecule has 0 radical (unpaired) electrons. The molecule has 0 amide bonds. The Balaban J connectivity index is 2.48. The molecule has 54 valence electrons. The van der Waals surface area contributed by atoms with E-state index < -0.39 is 0 Å². The molecule has 10 heavy (non-hydrogen) atoms. The predicted molar refractivity (Wildman–Crippen MR) is 39.5 cm³/mol. The molecule has 0 aliphatic carbocycles. The van der Waals surface area contributed by atoms with Crippen LogP contribution in [-0.4, -0.2) is 23.8 Å². The Morgan fingerprint density at radius 2 is 2.40 bits per heavy atom. The van der Waals surface area contributed by atoms with Crippen LogP contribution in [-0.2, 0) is 0 Å². The van der Waals surface area contributed by atoms with Crippen molar-refractivity contribution in [3.63, 3.8) is 0 Å². The Morgan fingerprint density at radius 1 is 1.70 bits per heavy atom. The Hall–Kier alpha value is -1.04. The van der Waals surface area contributed by atoms with Crippen LogP contribution in [0.1, 0.15) is 19.8 Å². The van der Waals surface area contributed by atoms with Crippen LogP contribution in [0.2, 0.25) is 0 Å². The van der Waals surface area contributed by atoms with Gasteiger partial charge in [-0.25, -0.2) is 0 Å². The van der Waals surface area contributed by atoms with Gasteiger partial charge in [0.1, 0.15) is 5.84 Å². The smallest absolute Gasteiger partial charge is 0.207 e. The summed E-state index contributed by atoms with van der Waals surface area (Å²) in [6.07, 6.45) is 3.92. The van der Waals surface area contributed by atoms with Gasteiger partial charge >= 0.3 is 0 Å². The molecule has 1 saturated heterocycles. The van der Waals surface area contributed by atoms with E-state index >= 15 is 0 Å². The normalized spacial score (nSPS) is 18.0. The van der Waals surface area contributed by atoms with Crippen molar-refractivity contribution in [3.8, 4) is 6.19 Å². The van der Waals surface area contributed by atoms with Crippen molar-refractivity contribution in [2.45, 2.75) is 19.8 Å². The number of rotatable bonds is 1. The van der Waals surface area contributed by atoms with E-state index in [4.69, 9.17) is 5.26 Å². The number of amidine groups is 1. The minimum atomic E-state index is 0.869.